The van der Waals surface area contributed by atoms with Crippen LogP contribution in [0.1, 0.15) is 20.3 Å². The molecule has 1 N–H and O–H groups in total. The van der Waals surface area contributed by atoms with Gasteiger partial charge in [-0.25, -0.2) is 0 Å². The molecule has 0 radical (unpaired) electrons. The highest BCUT2D eigenvalue weighted by molar-refractivity contribution is 4.90. The minimum atomic E-state index is 0.478. The Labute approximate surface area is 86.8 Å². The van der Waals surface area contributed by atoms with E-state index in [4.69, 9.17) is 4.74 Å². The van der Waals surface area contributed by atoms with Crippen molar-refractivity contribution in [3.8, 4) is 0 Å². The third kappa shape index (κ3) is 1.95. The van der Waals surface area contributed by atoms with Crippen LogP contribution < -0.4 is 5.32 Å². The van der Waals surface area contributed by atoms with E-state index in [0.29, 0.717) is 11.5 Å². The second-order valence-corrected chi connectivity index (χ2v) is 4.87. The van der Waals surface area contributed by atoms with E-state index in [1.165, 1.54) is 19.5 Å². The largest absolute Gasteiger partial charge is 0.380 e. The number of nitrogens with one attached hydrogen (secondary N) is 1. The van der Waals surface area contributed by atoms with Gasteiger partial charge in [0.1, 0.15) is 0 Å². The van der Waals surface area contributed by atoms with Gasteiger partial charge in [0.25, 0.3) is 0 Å². The van der Waals surface area contributed by atoms with Crippen molar-refractivity contribution in [1.82, 2.24) is 10.2 Å². The Morgan fingerprint density at radius 2 is 2.29 bits per heavy atom. The summed E-state index contributed by atoms with van der Waals surface area (Å²) in [6.45, 7) is 11.3. The minimum absolute atomic E-state index is 0.478. The Balaban J connectivity index is 1.88. The van der Waals surface area contributed by atoms with Gasteiger partial charge in [-0.2, -0.15) is 0 Å². The number of hydrogen-bond donors (Lipinski definition) is 1. The van der Waals surface area contributed by atoms with Gasteiger partial charge in [-0.1, -0.05) is 6.92 Å². The van der Waals surface area contributed by atoms with E-state index in [2.05, 4.69) is 24.1 Å². The lowest BCUT2D eigenvalue weighted by atomic mass is 9.82. The zero-order chi connectivity index (χ0) is 10.0. The molecular formula is C11H22N2O. The van der Waals surface area contributed by atoms with Crippen LogP contribution in [-0.4, -0.2) is 50.3 Å². The highest BCUT2D eigenvalue weighted by Gasteiger charge is 2.39. The molecule has 0 aromatic carbocycles. The van der Waals surface area contributed by atoms with Crippen LogP contribution in [-0.2, 0) is 4.74 Å². The molecule has 0 spiro atoms. The SMILES string of the molecule is CCC1(CN2CCNCC2C)COC1. The van der Waals surface area contributed by atoms with Crippen molar-refractivity contribution in [1.29, 1.82) is 0 Å². The van der Waals surface area contributed by atoms with E-state index < -0.39 is 0 Å². The average molecular weight is 198 g/mol. The molecule has 0 amide bonds. The lowest BCUT2D eigenvalue weighted by molar-refractivity contribution is -0.132. The third-order valence-electron chi connectivity index (χ3n) is 3.74. The molecule has 0 saturated carbocycles. The van der Waals surface area contributed by atoms with Crippen LogP contribution in [0.2, 0.25) is 0 Å². The second-order valence-electron chi connectivity index (χ2n) is 4.87. The molecule has 2 fully saturated rings. The lowest BCUT2D eigenvalue weighted by Gasteiger charge is -2.46. The summed E-state index contributed by atoms with van der Waals surface area (Å²) >= 11 is 0. The van der Waals surface area contributed by atoms with Gasteiger partial charge >= 0.3 is 0 Å². The van der Waals surface area contributed by atoms with Gasteiger partial charge in [0.15, 0.2) is 0 Å². The van der Waals surface area contributed by atoms with Crippen LogP contribution in [0.25, 0.3) is 0 Å². The first kappa shape index (κ1) is 10.4. The number of rotatable bonds is 3. The molecule has 1 unspecified atom stereocenters. The van der Waals surface area contributed by atoms with Gasteiger partial charge in [-0.15, -0.1) is 0 Å². The fourth-order valence-electron chi connectivity index (χ4n) is 2.35. The quantitative estimate of drug-likeness (QED) is 0.723. The summed E-state index contributed by atoms with van der Waals surface area (Å²) < 4.78 is 5.36. The van der Waals surface area contributed by atoms with Crippen molar-refractivity contribution in [2.45, 2.75) is 26.3 Å². The smallest absolute Gasteiger partial charge is 0.0557 e. The maximum Gasteiger partial charge on any atom is 0.0557 e. The first-order chi connectivity index (χ1) is 6.76. The Bertz CT molecular complexity index is 186. The molecule has 0 aliphatic carbocycles. The minimum Gasteiger partial charge on any atom is -0.380 e. The first-order valence-corrected chi connectivity index (χ1v) is 5.78. The van der Waals surface area contributed by atoms with E-state index in [0.717, 1.165) is 26.3 Å². The molecule has 2 aliphatic rings. The molecule has 2 saturated heterocycles. The number of nitrogens with zero attached hydrogens (tertiary/aromatic N) is 1. The summed E-state index contributed by atoms with van der Waals surface area (Å²) in [6, 6.07) is 0.688. The van der Waals surface area contributed by atoms with Crippen LogP contribution in [0.4, 0.5) is 0 Å². The Hall–Kier alpha value is -0.120. The van der Waals surface area contributed by atoms with Gasteiger partial charge in [-0.3, -0.25) is 4.90 Å². The maximum atomic E-state index is 5.36. The molecule has 82 valence electrons. The molecule has 0 aromatic rings. The van der Waals surface area contributed by atoms with E-state index in [1.807, 2.05) is 0 Å². The summed E-state index contributed by atoms with van der Waals surface area (Å²) in [5.74, 6) is 0. The number of piperazine rings is 1. The number of ether oxygens (including phenoxy) is 1. The molecule has 0 aromatic heterocycles. The van der Waals surface area contributed by atoms with Crippen molar-refractivity contribution in [3.05, 3.63) is 0 Å². The third-order valence-corrected chi connectivity index (χ3v) is 3.74. The van der Waals surface area contributed by atoms with Crippen LogP contribution in [0.5, 0.6) is 0 Å². The van der Waals surface area contributed by atoms with Gasteiger partial charge in [0.05, 0.1) is 13.2 Å². The van der Waals surface area contributed by atoms with E-state index in [1.54, 1.807) is 0 Å². The molecule has 3 nitrogen and oxygen atoms in total. The van der Waals surface area contributed by atoms with E-state index >= 15 is 0 Å². The van der Waals surface area contributed by atoms with Crippen molar-refractivity contribution >= 4 is 0 Å². The molecular weight excluding hydrogens is 176 g/mol. The van der Waals surface area contributed by atoms with Gasteiger partial charge in [-0.05, 0) is 13.3 Å². The molecule has 2 aliphatic heterocycles. The summed E-state index contributed by atoms with van der Waals surface area (Å²) in [5, 5.41) is 3.43. The first-order valence-electron chi connectivity index (χ1n) is 5.78. The molecule has 2 heterocycles. The summed E-state index contributed by atoms with van der Waals surface area (Å²) in [7, 11) is 0. The number of hydrogen-bond acceptors (Lipinski definition) is 3. The fraction of sp³-hybridized carbons (Fsp3) is 1.00. The molecule has 0 bridgehead atoms. The Morgan fingerprint density at radius 1 is 1.50 bits per heavy atom. The van der Waals surface area contributed by atoms with Gasteiger partial charge in [0, 0.05) is 37.6 Å². The van der Waals surface area contributed by atoms with E-state index in [9.17, 15) is 0 Å². The Kier molecular flexibility index (Phi) is 3.10. The highest BCUT2D eigenvalue weighted by Crippen LogP contribution is 2.32. The molecule has 1 atom stereocenters. The van der Waals surface area contributed by atoms with Crippen molar-refractivity contribution < 1.29 is 4.74 Å². The van der Waals surface area contributed by atoms with Crippen molar-refractivity contribution in [2.75, 3.05) is 39.4 Å². The summed E-state index contributed by atoms with van der Waals surface area (Å²) in [5.41, 5.74) is 0.478. The monoisotopic (exact) mass is 198 g/mol. The molecule has 14 heavy (non-hydrogen) atoms. The second kappa shape index (κ2) is 4.17. The van der Waals surface area contributed by atoms with E-state index in [-0.39, 0.29) is 0 Å². The predicted molar refractivity (Wildman–Crippen MR) is 57.4 cm³/mol. The van der Waals surface area contributed by atoms with Crippen molar-refractivity contribution in [2.24, 2.45) is 5.41 Å². The molecule has 2 rings (SSSR count). The summed E-state index contributed by atoms with van der Waals surface area (Å²) in [6.07, 6.45) is 1.25. The zero-order valence-corrected chi connectivity index (χ0v) is 9.38. The van der Waals surface area contributed by atoms with Crippen LogP contribution in [0.3, 0.4) is 0 Å². The van der Waals surface area contributed by atoms with Crippen LogP contribution in [0, 0.1) is 5.41 Å². The normalized spacial score (nSPS) is 32.6. The Morgan fingerprint density at radius 3 is 2.79 bits per heavy atom. The zero-order valence-electron chi connectivity index (χ0n) is 9.38. The fourth-order valence-corrected chi connectivity index (χ4v) is 2.35. The summed E-state index contributed by atoms with van der Waals surface area (Å²) in [4.78, 5) is 2.61. The van der Waals surface area contributed by atoms with Crippen LogP contribution in [0.15, 0.2) is 0 Å². The van der Waals surface area contributed by atoms with Gasteiger partial charge < -0.3 is 10.1 Å². The van der Waals surface area contributed by atoms with Crippen molar-refractivity contribution in [3.63, 3.8) is 0 Å². The lowest BCUT2D eigenvalue weighted by Crippen LogP contribution is -2.57. The predicted octanol–water partition coefficient (Wildman–Crippen LogP) is 0.707. The average Bonchev–Trinajstić information content (AvgIpc) is 2.14. The topological polar surface area (TPSA) is 24.5 Å². The highest BCUT2D eigenvalue weighted by atomic mass is 16.5. The standard InChI is InChI=1S/C11H22N2O/c1-3-11(8-14-9-11)7-13-5-4-12-6-10(13)2/h10,12H,3-9H2,1-2H3. The molecule has 3 heteroatoms. The van der Waals surface area contributed by atoms with Crippen LogP contribution >= 0.6 is 0 Å². The maximum absolute atomic E-state index is 5.36. The van der Waals surface area contributed by atoms with Gasteiger partial charge in [0.2, 0.25) is 0 Å².